The summed E-state index contributed by atoms with van der Waals surface area (Å²) in [6.45, 7) is 5.40. The number of nitrogens with zero attached hydrogens (tertiary/aromatic N) is 2. The molecular formula is C41H53ClF3N5O9S. The van der Waals surface area contributed by atoms with E-state index in [1.165, 1.54) is 17.4 Å². The van der Waals surface area contributed by atoms with Crippen molar-refractivity contribution in [2.75, 3.05) is 78.4 Å². The van der Waals surface area contributed by atoms with Crippen molar-refractivity contribution >= 4 is 51.9 Å². The van der Waals surface area contributed by atoms with Crippen molar-refractivity contribution in [3.63, 3.8) is 0 Å². The molecule has 0 atom stereocenters. The fourth-order valence-electron chi connectivity index (χ4n) is 6.23. The molecule has 3 amide bonds. The predicted octanol–water partition coefficient (Wildman–Crippen LogP) is 4.66. The van der Waals surface area contributed by atoms with Crippen LogP contribution in [-0.2, 0) is 44.6 Å². The van der Waals surface area contributed by atoms with E-state index in [0.29, 0.717) is 62.9 Å². The van der Waals surface area contributed by atoms with Crippen LogP contribution >= 0.6 is 22.9 Å². The van der Waals surface area contributed by atoms with Crippen LogP contribution in [0.3, 0.4) is 0 Å². The quantitative estimate of drug-likeness (QED) is 0.0444. The molecule has 0 saturated carbocycles. The summed E-state index contributed by atoms with van der Waals surface area (Å²) >= 11 is 7.06. The van der Waals surface area contributed by atoms with Crippen molar-refractivity contribution in [3.8, 4) is 0 Å². The van der Waals surface area contributed by atoms with Crippen molar-refractivity contribution < 1.29 is 57.1 Å². The van der Waals surface area contributed by atoms with Gasteiger partial charge < -0.3 is 40.2 Å². The van der Waals surface area contributed by atoms with E-state index in [2.05, 4.69) is 35.0 Å². The van der Waals surface area contributed by atoms with E-state index in [0.717, 1.165) is 40.8 Å². The first kappa shape index (κ1) is 48.7. The van der Waals surface area contributed by atoms with Crippen LogP contribution in [0.2, 0.25) is 5.02 Å². The molecule has 0 spiro atoms. The minimum atomic E-state index is -4.66. The second-order valence-corrected chi connectivity index (χ2v) is 16.8. The molecule has 14 nitrogen and oxygen atoms in total. The Morgan fingerprint density at radius 3 is 2.28 bits per heavy atom. The molecule has 3 aromatic rings. The second kappa shape index (κ2) is 22.7. The lowest BCUT2D eigenvalue weighted by molar-refractivity contribution is -0.137. The molecule has 0 unspecified atom stereocenters. The van der Waals surface area contributed by atoms with Crippen molar-refractivity contribution in [2.45, 2.75) is 57.8 Å². The molecule has 0 bridgehead atoms. The van der Waals surface area contributed by atoms with E-state index in [9.17, 15) is 42.9 Å². The number of thiophene rings is 1. The molecule has 6 N–H and O–H groups in total. The number of rotatable bonds is 23. The first-order valence-electron chi connectivity index (χ1n) is 19.3. The first-order chi connectivity index (χ1) is 28.5. The van der Waals surface area contributed by atoms with Crippen LogP contribution in [0, 0.1) is 5.41 Å². The zero-order valence-corrected chi connectivity index (χ0v) is 35.4. The third-order valence-electron chi connectivity index (χ3n) is 9.70. The van der Waals surface area contributed by atoms with E-state index in [4.69, 9.17) is 25.8 Å². The van der Waals surface area contributed by atoms with Gasteiger partial charge in [0, 0.05) is 30.0 Å². The number of halogens is 4. The maximum absolute atomic E-state index is 13.6. The highest BCUT2D eigenvalue weighted by Crippen LogP contribution is 2.44. The molecule has 1 heterocycles. The van der Waals surface area contributed by atoms with Crippen LogP contribution in [0.1, 0.15) is 74.5 Å². The van der Waals surface area contributed by atoms with Crippen molar-refractivity contribution in [1.29, 1.82) is 0 Å². The number of hydrogen-bond acceptors (Lipinski definition) is 12. The number of benzene rings is 2. The Morgan fingerprint density at radius 1 is 0.950 bits per heavy atom. The lowest BCUT2D eigenvalue weighted by Crippen LogP contribution is -2.57. The number of ether oxygens (including phenoxy) is 3. The van der Waals surface area contributed by atoms with Crippen molar-refractivity contribution in [3.05, 3.63) is 85.7 Å². The molecule has 60 heavy (non-hydrogen) atoms. The minimum absolute atomic E-state index is 0.00374. The number of amides is 3. The number of alkyl halides is 3. The van der Waals surface area contributed by atoms with Gasteiger partial charge >= 0.3 is 6.18 Å². The SMILES string of the molecule is CN(CCOCCOCCOCCC(=O)NC(CO)(CO)CO)Cc1cccc(C(=O)Nc2sc3c(c2C(=O)N/N=C/c2ccc(Cl)c(C(F)(F)F)c2)CCC(C)(C)C3)c1. The summed E-state index contributed by atoms with van der Waals surface area (Å²) in [5.74, 6) is -1.47. The molecule has 1 aromatic heterocycles. The predicted molar refractivity (Wildman–Crippen MR) is 222 cm³/mol. The van der Waals surface area contributed by atoms with Crippen LogP contribution in [0.5, 0.6) is 0 Å². The fraction of sp³-hybridized carbons (Fsp3) is 0.512. The summed E-state index contributed by atoms with van der Waals surface area (Å²) in [4.78, 5) is 42.2. The number of carbonyl (C=O) groups is 3. The maximum Gasteiger partial charge on any atom is 0.417 e. The summed E-state index contributed by atoms with van der Waals surface area (Å²) in [5.41, 5.74) is 2.41. The Kier molecular flexibility index (Phi) is 18.5. The number of likely N-dealkylation sites (N-methyl/N-ethyl adjacent to an activating group) is 1. The topological polar surface area (TPSA) is 191 Å². The molecule has 19 heteroatoms. The Balaban J connectivity index is 1.23. The minimum Gasteiger partial charge on any atom is -0.394 e. The van der Waals surface area contributed by atoms with Crippen LogP contribution in [0.25, 0.3) is 0 Å². The van der Waals surface area contributed by atoms with E-state index in [1.807, 2.05) is 18.0 Å². The normalized spacial score (nSPS) is 14.1. The lowest BCUT2D eigenvalue weighted by Gasteiger charge is -2.29. The molecule has 4 rings (SSSR count). The van der Waals surface area contributed by atoms with Crippen LogP contribution in [0.15, 0.2) is 47.6 Å². The summed E-state index contributed by atoms with van der Waals surface area (Å²) in [5, 5.41) is 37.1. The highest BCUT2D eigenvalue weighted by atomic mass is 35.5. The zero-order chi connectivity index (χ0) is 43.9. The summed E-state index contributed by atoms with van der Waals surface area (Å²) in [6.07, 6.45) is -1.42. The Hall–Kier alpha value is -3.98. The Morgan fingerprint density at radius 2 is 1.62 bits per heavy atom. The number of aliphatic hydroxyl groups is 3. The molecule has 330 valence electrons. The van der Waals surface area contributed by atoms with Gasteiger partial charge in [-0.2, -0.15) is 18.3 Å². The average Bonchev–Trinajstić information content (AvgIpc) is 3.55. The molecular weight excluding hydrogens is 831 g/mol. The van der Waals surface area contributed by atoms with Gasteiger partial charge in [0.15, 0.2) is 0 Å². The number of aliphatic hydroxyl groups excluding tert-OH is 3. The molecule has 0 aliphatic heterocycles. The summed E-state index contributed by atoms with van der Waals surface area (Å²) in [7, 11) is 1.93. The number of fused-ring (bicyclic) bond motifs is 1. The van der Waals surface area contributed by atoms with Crippen LogP contribution < -0.4 is 16.1 Å². The van der Waals surface area contributed by atoms with Gasteiger partial charge in [-0.1, -0.05) is 43.6 Å². The van der Waals surface area contributed by atoms with Gasteiger partial charge in [0.05, 0.1) is 81.8 Å². The van der Waals surface area contributed by atoms with E-state index in [1.54, 1.807) is 18.2 Å². The molecule has 0 radical (unpaired) electrons. The second-order valence-electron chi connectivity index (χ2n) is 15.3. The van der Waals surface area contributed by atoms with Gasteiger partial charge in [0.2, 0.25) is 5.91 Å². The Bertz CT molecular complexity index is 1930. The number of hydrazone groups is 1. The third-order valence-corrected chi connectivity index (χ3v) is 11.2. The Labute approximate surface area is 356 Å². The number of nitrogens with one attached hydrogen (secondary N) is 3. The fourth-order valence-corrected chi connectivity index (χ4v) is 7.95. The monoisotopic (exact) mass is 883 g/mol. The molecule has 2 aromatic carbocycles. The van der Waals surface area contributed by atoms with Gasteiger partial charge in [0.1, 0.15) is 10.5 Å². The van der Waals surface area contributed by atoms with Crippen molar-refractivity contribution in [1.82, 2.24) is 15.6 Å². The van der Waals surface area contributed by atoms with Gasteiger partial charge in [-0.25, -0.2) is 5.43 Å². The van der Waals surface area contributed by atoms with Gasteiger partial charge in [-0.05, 0) is 72.7 Å². The smallest absolute Gasteiger partial charge is 0.394 e. The summed E-state index contributed by atoms with van der Waals surface area (Å²) in [6, 6.07) is 10.5. The van der Waals surface area contributed by atoms with Crippen LogP contribution in [0.4, 0.5) is 18.2 Å². The maximum atomic E-state index is 13.6. The van der Waals surface area contributed by atoms with E-state index in [-0.39, 0.29) is 36.2 Å². The zero-order valence-electron chi connectivity index (χ0n) is 33.8. The van der Waals surface area contributed by atoms with E-state index < -0.39 is 59.8 Å². The first-order valence-corrected chi connectivity index (χ1v) is 20.5. The van der Waals surface area contributed by atoms with Crippen LogP contribution in [-0.4, -0.2) is 123 Å². The average molecular weight is 884 g/mol. The van der Waals surface area contributed by atoms with E-state index >= 15 is 0 Å². The van der Waals surface area contributed by atoms with Crippen molar-refractivity contribution in [2.24, 2.45) is 10.5 Å². The highest BCUT2D eigenvalue weighted by Gasteiger charge is 2.35. The molecule has 0 saturated heterocycles. The van der Waals surface area contributed by atoms with Gasteiger partial charge in [-0.3, -0.25) is 19.3 Å². The molecule has 0 fully saturated rings. The number of anilines is 1. The standard InChI is InChI=1S/C41H53ClF3N5O9S/c1-39(2)11-9-30-33(21-39)60-38(35(30)37(56)49-46-22-27-7-8-32(42)31(20-27)41(43,44)45)47-36(55)29-6-4-5-28(19-29)23-50(3)12-14-58-16-18-59-17-15-57-13-10-34(54)48-40(24-51,25-52)26-53/h4-8,19-20,22,51-53H,9-18,21,23-26H2,1-3H3,(H,47,55)(H,48,54)(H,49,56)/b46-22+. The molecule has 1 aliphatic carbocycles. The largest absolute Gasteiger partial charge is 0.417 e. The molecule has 1 aliphatic rings. The number of carbonyl (C=O) groups excluding carboxylic acids is 3. The van der Waals surface area contributed by atoms with Gasteiger partial charge in [-0.15, -0.1) is 11.3 Å². The number of hydrogen-bond donors (Lipinski definition) is 6. The van der Waals surface area contributed by atoms with Gasteiger partial charge in [0.25, 0.3) is 11.8 Å². The summed E-state index contributed by atoms with van der Waals surface area (Å²) < 4.78 is 56.6. The third kappa shape index (κ3) is 14.6. The highest BCUT2D eigenvalue weighted by molar-refractivity contribution is 7.17. The lowest BCUT2D eigenvalue weighted by atomic mass is 9.77.